The summed E-state index contributed by atoms with van der Waals surface area (Å²) < 4.78 is 11.5. The average molecular weight is 395 g/mol. The van der Waals surface area contributed by atoms with Gasteiger partial charge in [-0.25, -0.2) is 4.79 Å². The van der Waals surface area contributed by atoms with Gasteiger partial charge in [0, 0.05) is 23.2 Å². The van der Waals surface area contributed by atoms with Crippen LogP contribution in [-0.4, -0.2) is 53.5 Å². The zero-order valence-electron chi connectivity index (χ0n) is 17.4. The van der Waals surface area contributed by atoms with Crippen LogP contribution in [0, 0.1) is 34.0 Å². The van der Waals surface area contributed by atoms with Gasteiger partial charge < -0.3 is 19.7 Å². The molecule has 4 rings (SSSR count). The minimum Gasteiger partial charge on any atom is -0.460 e. The van der Waals surface area contributed by atoms with Gasteiger partial charge in [0.05, 0.1) is 18.8 Å². The molecule has 28 heavy (non-hydrogen) atoms. The number of rotatable bonds is 3. The fraction of sp³-hybridized carbons (Fsp3) is 0.909. The summed E-state index contributed by atoms with van der Waals surface area (Å²) in [7, 11) is 0. The maximum Gasteiger partial charge on any atom is 0.332 e. The number of carbonyl (C=O) groups excluding carboxylic acids is 2. The van der Waals surface area contributed by atoms with Crippen molar-refractivity contribution in [2.45, 2.75) is 78.1 Å². The molecule has 158 valence electrons. The van der Waals surface area contributed by atoms with Gasteiger partial charge in [0.25, 0.3) is 0 Å². The Kier molecular flexibility index (Phi) is 4.72. The molecule has 0 aromatic rings. The topological polar surface area (TPSA) is 96.4 Å². The van der Waals surface area contributed by atoms with Gasteiger partial charge in [0.1, 0.15) is 18.5 Å². The van der Waals surface area contributed by atoms with Crippen molar-refractivity contribution < 1.29 is 29.3 Å². The molecule has 1 heterocycles. The lowest BCUT2D eigenvalue weighted by Gasteiger charge is -2.62. The molecular weight excluding hydrogens is 360 g/mol. The first-order valence-electron chi connectivity index (χ1n) is 10.7. The average Bonchev–Trinajstić information content (AvgIpc) is 3.47. The second-order valence-electron chi connectivity index (χ2n) is 10.3. The fourth-order valence-electron chi connectivity index (χ4n) is 7.24. The highest BCUT2D eigenvalue weighted by Crippen LogP contribution is 2.68. The van der Waals surface area contributed by atoms with Crippen LogP contribution in [0.5, 0.6) is 0 Å². The summed E-state index contributed by atoms with van der Waals surface area (Å²) in [5, 5.41) is 20.9. The van der Waals surface area contributed by atoms with E-state index in [2.05, 4.69) is 20.8 Å². The lowest BCUT2D eigenvalue weighted by atomic mass is 9.43. The number of epoxide rings is 1. The molecular formula is C22H34O6. The molecule has 0 amide bonds. The maximum absolute atomic E-state index is 13.2. The molecule has 6 nitrogen and oxygen atoms in total. The van der Waals surface area contributed by atoms with Crippen LogP contribution in [0.3, 0.4) is 0 Å². The summed E-state index contributed by atoms with van der Waals surface area (Å²) in [4.78, 5) is 25.3. The van der Waals surface area contributed by atoms with E-state index in [0.29, 0.717) is 19.4 Å². The predicted molar refractivity (Wildman–Crippen MR) is 101 cm³/mol. The van der Waals surface area contributed by atoms with E-state index in [1.165, 1.54) is 0 Å². The van der Waals surface area contributed by atoms with E-state index in [1.54, 1.807) is 0 Å². The van der Waals surface area contributed by atoms with Gasteiger partial charge in [-0.15, -0.1) is 0 Å². The Balaban J connectivity index is 1.88. The number of esters is 1. The molecule has 4 fully saturated rings. The number of aliphatic hydroxyl groups excluding tert-OH is 2. The molecule has 4 aliphatic rings. The lowest BCUT2D eigenvalue weighted by molar-refractivity contribution is -0.215. The van der Waals surface area contributed by atoms with E-state index in [0.717, 1.165) is 19.3 Å². The van der Waals surface area contributed by atoms with Crippen molar-refractivity contribution >= 4 is 11.8 Å². The SMILES string of the molecule is C[C@@H]1CC[C@@]23CCC(=O)[C@H]2[C@]1(C)[C@H](OC(=O)CO)C[C@@](C)(C1CO1)[C@@H](O)[C@@H]3C. The van der Waals surface area contributed by atoms with Gasteiger partial charge in [-0.2, -0.15) is 0 Å². The lowest BCUT2D eigenvalue weighted by Crippen LogP contribution is -2.64. The van der Waals surface area contributed by atoms with Crippen LogP contribution in [0.25, 0.3) is 0 Å². The Hall–Kier alpha value is -0.980. The second kappa shape index (κ2) is 6.51. The smallest absolute Gasteiger partial charge is 0.332 e. The molecule has 0 spiro atoms. The molecule has 0 radical (unpaired) electrons. The Morgan fingerprint density at radius 1 is 1.29 bits per heavy atom. The zero-order valence-corrected chi connectivity index (χ0v) is 17.4. The Labute approximate surface area is 167 Å². The van der Waals surface area contributed by atoms with Gasteiger partial charge >= 0.3 is 5.97 Å². The van der Waals surface area contributed by atoms with Crippen molar-refractivity contribution in [3.05, 3.63) is 0 Å². The van der Waals surface area contributed by atoms with Crippen molar-refractivity contribution in [2.24, 2.45) is 34.0 Å². The number of aliphatic hydroxyl groups is 2. The summed E-state index contributed by atoms with van der Waals surface area (Å²) >= 11 is 0. The number of hydrogen-bond donors (Lipinski definition) is 2. The van der Waals surface area contributed by atoms with E-state index < -0.39 is 35.6 Å². The quantitative estimate of drug-likeness (QED) is 0.562. The minimum absolute atomic E-state index is 0.0283. The fourth-order valence-corrected chi connectivity index (χ4v) is 7.24. The van der Waals surface area contributed by atoms with Gasteiger partial charge in [-0.05, 0) is 42.9 Å². The first kappa shape index (κ1) is 20.3. The summed E-state index contributed by atoms with van der Waals surface area (Å²) in [5.41, 5.74) is -1.33. The Morgan fingerprint density at radius 2 is 1.96 bits per heavy atom. The molecule has 9 atom stereocenters. The van der Waals surface area contributed by atoms with E-state index >= 15 is 0 Å². The molecule has 6 heteroatoms. The molecule has 0 aromatic carbocycles. The molecule has 1 saturated heterocycles. The third-order valence-electron chi connectivity index (χ3n) is 9.31. The van der Waals surface area contributed by atoms with Crippen LogP contribution >= 0.6 is 0 Å². The Morgan fingerprint density at radius 3 is 2.57 bits per heavy atom. The van der Waals surface area contributed by atoms with Crippen molar-refractivity contribution in [1.29, 1.82) is 0 Å². The molecule has 1 unspecified atom stereocenters. The third kappa shape index (κ3) is 2.56. The molecule has 2 bridgehead atoms. The van der Waals surface area contributed by atoms with E-state index in [-0.39, 0.29) is 35.1 Å². The second-order valence-corrected chi connectivity index (χ2v) is 10.3. The largest absolute Gasteiger partial charge is 0.460 e. The highest BCUT2D eigenvalue weighted by Gasteiger charge is 2.69. The van der Waals surface area contributed by atoms with Crippen LogP contribution in [0.1, 0.15) is 59.8 Å². The van der Waals surface area contributed by atoms with Crippen molar-refractivity contribution in [1.82, 2.24) is 0 Å². The minimum atomic E-state index is -0.680. The van der Waals surface area contributed by atoms with Crippen molar-refractivity contribution in [2.75, 3.05) is 13.2 Å². The van der Waals surface area contributed by atoms with E-state index in [1.807, 2.05) is 6.92 Å². The predicted octanol–water partition coefficient (Wildman–Crippen LogP) is 2.10. The van der Waals surface area contributed by atoms with E-state index in [4.69, 9.17) is 9.47 Å². The molecule has 1 aliphatic heterocycles. The molecule has 3 aliphatic carbocycles. The number of carbonyl (C=O) groups is 2. The molecule has 2 N–H and O–H groups in total. The highest BCUT2D eigenvalue weighted by atomic mass is 16.6. The van der Waals surface area contributed by atoms with Gasteiger partial charge in [0.2, 0.25) is 0 Å². The van der Waals surface area contributed by atoms with Crippen molar-refractivity contribution in [3.63, 3.8) is 0 Å². The molecule has 0 aromatic heterocycles. The number of hydrogen-bond acceptors (Lipinski definition) is 6. The van der Waals surface area contributed by atoms with Gasteiger partial charge in [0.15, 0.2) is 0 Å². The summed E-state index contributed by atoms with van der Waals surface area (Å²) in [6.45, 7) is 8.32. The Bertz CT molecular complexity index is 674. The van der Waals surface area contributed by atoms with Crippen LogP contribution < -0.4 is 0 Å². The van der Waals surface area contributed by atoms with Crippen molar-refractivity contribution in [3.8, 4) is 0 Å². The molecule has 3 saturated carbocycles. The van der Waals surface area contributed by atoms with E-state index in [9.17, 15) is 19.8 Å². The number of ketones is 1. The van der Waals surface area contributed by atoms with Gasteiger partial charge in [-0.3, -0.25) is 4.79 Å². The van der Waals surface area contributed by atoms with Crippen LogP contribution in [0.4, 0.5) is 0 Å². The number of Topliss-reactive ketones (excluding diaryl/α,β-unsaturated/α-hetero) is 1. The highest BCUT2D eigenvalue weighted by molar-refractivity contribution is 5.85. The zero-order chi connectivity index (χ0) is 20.5. The first-order chi connectivity index (χ1) is 13.1. The standard InChI is InChI=1S/C22H34O6/c1-12-5-7-22-8-6-14(24)18(22)21(12,4)15(28-17(25)10-23)9-20(3,16-11-27-16)19(26)13(22)2/h12-13,15-16,18-19,23,26H,5-11H2,1-4H3/t12-,13+,15-,16?,18+,19+,20+,21+,22+/m1/s1. The summed E-state index contributed by atoms with van der Waals surface area (Å²) in [5.74, 6) is -0.475. The summed E-state index contributed by atoms with van der Waals surface area (Å²) in [6.07, 6.45) is 2.38. The monoisotopic (exact) mass is 394 g/mol. The third-order valence-corrected chi connectivity index (χ3v) is 9.31. The van der Waals surface area contributed by atoms with Gasteiger partial charge in [-0.1, -0.05) is 27.7 Å². The normalized spacial score (nSPS) is 53.1. The first-order valence-corrected chi connectivity index (χ1v) is 10.7. The van der Waals surface area contributed by atoms with Crippen LogP contribution in [0.2, 0.25) is 0 Å². The summed E-state index contributed by atoms with van der Waals surface area (Å²) in [6, 6.07) is 0. The number of ether oxygens (including phenoxy) is 2. The van der Waals surface area contributed by atoms with Crippen LogP contribution in [-0.2, 0) is 19.1 Å². The van der Waals surface area contributed by atoms with Crippen LogP contribution in [0.15, 0.2) is 0 Å². The maximum atomic E-state index is 13.2.